The smallest absolute Gasteiger partial charge is 0.251 e. The average molecular weight is 389 g/mol. The summed E-state index contributed by atoms with van der Waals surface area (Å²) in [5.74, 6) is 0.151. The Morgan fingerprint density at radius 3 is 2.30 bits per heavy atom. The van der Waals surface area contributed by atoms with Crippen LogP contribution in [0, 0.1) is 5.92 Å². The molecule has 0 saturated heterocycles. The van der Waals surface area contributed by atoms with Gasteiger partial charge in [-0.05, 0) is 41.8 Å². The number of hydrogen-bond acceptors (Lipinski definition) is 3. The number of likely N-dealkylation sites (N-methyl/N-ethyl adjacent to an activating group) is 1. The molecule has 0 aliphatic heterocycles. The summed E-state index contributed by atoms with van der Waals surface area (Å²) in [4.78, 5) is 27.1. The van der Waals surface area contributed by atoms with Gasteiger partial charge in [-0.15, -0.1) is 0 Å². The lowest BCUT2D eigenvalue weighted by atomic mass is 10.0. The zero-order valence-electron chi connectivity index (χ0n) is 16.0. The molecular weight excluding hydrogens is 364 g/mol. The van der Waals surface area contributed by atoms with E-state index in [1.54, 1.807) is 49.4 Å². The summed E-state index contributed by atoms with van der Waals surface area (Å²) in [7, 11) is 3.28. The number of benzene rings is 2. The quantitative estimate of drug-likeness (QED) is 0.785. The summed E-state index contributed by atoms with van der Waals surface area (Å²) >= 11 is 6.19. The number of halogens is 1. The molecule has 0 heterocycles. The predicted molar refractivity (Wildman–Crippen MR) is 107 cm³/mol. The van der Waals surface area contributed by atoms with Crippen molar-refractivity contribution in [3.8, 4) is 5.75 Å². The maximum absolute atomic E-state index is 12.9. The molecule has 6 heteroatoms. The Balaban J connectivity index is 2.09. The van der Waals surface area contributed by atoms with Crippen molar-refractivity contribution < 1.29 is 14.3 Å². The van der Waals surface area contributed by atoms with E-state index in [4.69, 9.17) is 16.3 Å². The van der Waals surface area contributed by atoms with Crippen LogP contribution in [0.5, 0.6) is 5.75 Å². The Labute approximate surface area is 165 Å². The van der Waals surface area contributed by atoms with Gasteiger partial charge in [0.15, 0.2) is 0 Å². The maximum atomic E-state index is 12.9. The Bertz CT molecular complexity index is 790. The van der Waals surface area contributed by atoms with Crippen LogP contribution in [0.15, 0.2) is 48.5 Å². The molecule has 5 nitrogen and oxygen atoms in total. The van der Waals surface area contributed by atoms with E-state index in [2.05, 4.69) is 5.32 Å². The first kappa shape index (κ1) is 20.8. The highest BCUT2D eigenvalue weighted by Gasteiger charge is 2.27. The molecule has 0 aliphatic carbocycles. The van der Waals surface area contributed by atoms with Gasteiger partial charge in [-0.3, -0.25) is 9.59 Å². The number of carbonyl (C=O) groups is 2. The number of ether oxygens (including phenoxy) is 1. The summed E-state index contributed by atoms with van der Waals surface area (Å²) in [5, 5.41) is 3.46. The van der Waals surface area contributed by atoms with Crippen LogP contribution in [0.1, 0.15) is 29.8 Å². The lowest BCUT2D eigenvalue weighted by Crippen LogP contribution is -2.50. The third-order valence-electron chi connectivity index (χ3n) is 4.31. The zero-order chi connectivity index (χ0) is 20.0. The molecule has 0 aromatic heterocycles. The van der Waals surface area contributed by atoms with Crippen molar-refractivity contribution in [3.63, 3.8) is 0 Å². The molecule has 0 bridgehead atoms. The molecule has 0 radical (unpaired) electrons. The fourth-order valence-corrected chi connectivity index (χ4v) is 2.87. The SMILES string of the molecule is COc1ccc(C(=O)NC(C(=O)N(C)Cc2ccccc2Cl)C(C)C)cc1. The number of amides is 2. The van der Waals surface area contributed by atoms with Crippen molar-refractivity contribution in [1.29, 1.82) is 0 Å². The fraction of sp³-hybridized carbons (Fsp3) is 0.333. The summed E-state index contributed by atoms with van der Waals surface area (Å²) in [5.41, 5.74) is 1.34. The molecule has 0 aliphatic rings. The molecule has 2 aromatic rings. The molecule has 144 valence electrons. The standard InChI is InChI=1S/C21H25ClN2O3/c1-14(2)19(23-20(25)15-9-11-17(27-4)12-10-15)21(26)24(3)13-16-7-5-6-8-18(16)22/h5-12,14,19H,13H2,1-4H3,(H,23,25). The zero-order valence-corrected chi connectivity index (χ0v) is 16.8. The topological polar surface area (TPSA) is 58.6 Å². The lowest BCUT2D eigenvalue weighted by molar-refractivity contribution is -0.133. The normalized spacial score (nSPS) is 11.8. The Hall–Kier alpha value is -2.53. The summed E-state index contributed by atoms with van der Waals surface area (Å²) in [6.07, 6.45) is 0. The summed E-state index contributed by atoms with van der Waals surface area (Å²) < 4.78 is 5.10. The van der Waals surface area contributed by atoms with Gasteiger partial charge in [0, 0.05) is 24.2 Å². The largest absolute Gasteiger partial charge is 0.497 e. The van der Waals surface area contributed by atoms with E-state index in [1.807, 2.05) is 32.0 Å². The van der Waals surface area contributed by atoms with E-state index < -0.39 is 6.04 Å². The number of nitrogens with one attached hydrogen (secondary N) is 1. The minimum atomic E-state index is -0.632. The van der Waals surface area contributed by atoms with E-state index in [0.29, 0.717) is 22.9 Å². The van der Waals surface area contributed by atoms with Crippen molar-refractivity contribution in [1.82, 2.24) is 10.2 Å². The molecule has 2 rings (SSSR count). The van der Waals surface area contributed by atoms with Crippen LogP contribution in [-0.2, 0) is 11.3 Å². The highest BCUT2D eigenvalue weighted by atomic mass is 35.5. The van der Waals surface area contributed by atoms with Crippen molar-refractivity contribution in [2.45, 2.75) is 26.4 Å². The van der Waals surface area contributed by atoms with Crippen molar-refractivity contribution >= 4 is 23.4 Å². The van der Waals surface area contributed by atoms with Crippen LogP contribution in [0.4, 0.5) is 0 Å². The highest BCUT2D eigenvalue weighted by molar-refractivity contribution is 6.31. The monoisotopic (exact) mass is 388 g/mol. The molecule has 0 fully saturated rings. The second kappa shape index (κ2) is 9.42. The third kappa shape index (κ3) is 5.47. The number of carbonyl (C=O) groups excluding carboxylic acids is 2. The van der Waals surface area contributed by atoms with E-state index in [0.717, 1.165) is 5.56 Å². The molecule has 1 atom stereocenters. The van der Waals surface area contributed by atoms with Gasteiger partial charge in [0.25, 0.3) is 5.91 Å². The Morgan fingerprint density at radius 1 is 1.11 bits per heavy atom. The molecular formula is C21H25ClN2O3. The second-order valence-electron chi connectivity index (χ2n) is 6.71. The average Bonchev–Trinajstić information content (AvgIpc) is 2.67. The van der Waals surface area contributed by atoms with Crippen LogP contribution >= 0.6 is 11.6 Å². The van der Waals surface area contributed by atoms with Gasteiger partial charge in [0.2, 0.25) is 5.91 Å². The third-order valence-corrected chi connectivity index (χ3v) is 4.68. The minimum absolute atomic E-state index is 0.0617. The second-order valence-corrected chi connectivity index (χ2v) is 7.12. The highest BCUT2D eigenvalue weighted by Crippen LogP contribution is 2.18. The Kier molecular flexibility index (Phi) is 7.25. The number of methoxy groups -OCH3 is 1. The van der Waals surface area contributed by atoms with Gasteiger partial charge in [0.1, 0.15) is 11.8 Å². The van der Waals surface area contributed by atoms with Crippen molar-refractivity contribution in [3.05, 3.63) is 64.7 Å². The molecule has 2 amide bonds. The van der Waals surface area contributed by atoms with Gasteiger partial charge in [-0.25, -0.2) is 0 Å². The van der Waals surface area contributed by atoms with Crippen molar-refractivity contribution in [2.75, 3.05) is 14.2 Å². The number of rotatable bonds is 7. The first-order chi connectivity index (χ1) is 12.8. The molecule has 0 saturated carbocycles. The van der Waals surface area contributed by atoms with E-state index >= 15 is 0 Å². The predicted octanol–water partition coefficient (Wildman–Crippen LogP) is 3.76. The summed E-state index contributed by atoms with van der Waals surface area (Å²) in [6.45, 7) is 4.18. The van der Waals surface area contributed by atoms with Gasteiger partial charge in [0.05, 0.1) is 7.11 Å². The van der Waals surface area contributed by atoms with Crippen LogP contribution in [0.3, 0.4) is 0 Å². The maximum Gasteiger partial charge on any atom is 0.251 e. The minimum Gasteiger partial charge on any atom is -0.497 e. The van der Waals surface area contributed by atoms with Gasteiger partial charge in [-0.1, -0.05) is 43.6 Å². The van der Waals surface area contributed by atoms with Gasteiger partial charge in [-0.2, -0.15) is 0 Å². The van der Waals surface area contributed by atoms with Gasteiger partial charge < -0.3 is 15.0 Å². The molecule has 0 spiro atoms. The van der Waals surface area contributed by atoms with E-state index in [1.165, 1.54) is 0 Å². The van der Waals surface area contributed by atoms with Crippen LogP contribution in [0.25, 0.3) is 0 Å². The molecule has 27 heavy (non-hydrogen) atoms. The van der Waals surface area contributed by atoms with Crippen LogP contribution in [0.2, 0.25) is 5.02 Å². The number of nitrogens with zero attached hydrogens (tertiary/aromatic N) is 1. The van der Waals surface area contributed by atoms with E-state index in [-0.39, 0.29) is 17.7 Å². The first-order valence-corrected chi connectivity index (χ1v) is 9.14. The molecule has 1 N–H and O–H groups in total. The van der Waals surface area contributed by atoms with Gasteiger partial charge >= 0.3 is 0 Å². The van der Waals surface area contributed by atoms with E-state index in [9.17, 15) is 9.59 Å². The number of hydrogen-bond donors (Lipinski definition) is 1. The fourth-order valence-electron chi connectivity index (χ4n) is 2.68. The Morgan fingerprint density at radius 2 is 1.74 bits per heavy atom. The molecule has 1 unspecified atom stereocenters. The molecule has 2 aromatic carbocycles. The van der Waals surface area contributed by atoms with Crippen LogP contribution < -0.4 is 10.1 Å². The van der Waals surface area contributed by atoms with Crippen molar-refractivity contribution in [2.24, 2.45) is 5.92 Å². The first-order valence-electron chi connectivity index (χ1n) is 8.76. The summed E-state index contributed by atoms with van der Waals surface area (Å²) in [6, 6.07) is 13.5. The lowest BCUT2D eigenvalue weighted by Gasteiger charge is -2.27. The van der Waals surface area contributed by atoms with Crippen LogP contribution in [-0.4, -0.2) is 36.9 Å².